The summed E-state index contributed by atoms with van der Waals surface area (Å²) in [5.74, 6) is 0.685. The molecule has 0 aromatic carbocycles. The van der Waals surface area contributed by atoms with Crippen LogP contribution in [0.15, 0.2) is 12.3 Å². The fourth-order valence-corrected chi connectivity index (χ4v) is 3.21. The Labute approximate surface area is 115 Å². The summed E-state index contributed by atoms with van der Waals surface area (Å²) in [5.41, 5.74) is 6.69. The molecule has 19 heavy (non-hydrogen) atoms. The molecule has 0 atom stereocenters. The molecule has 4 heteroatoms. The third kappa shape index (κ3) is 3.18. The molecule has 0 unspecified atom stereocenters. The lowest BCUT2D eigenvalue weighted by Crippen LogP contribution is -2.35. The average molecular weight is 263 g/mol. The standard InChI is InChI=1S/C15H25N3O/c16-10-12-8-15(9-12)19-11-13-6-7-18(17-13)14-4-2-1-3-5-14/h6-7,12,14-15H,1-5,8-11,16H2. The maximum absolute atomic E-state index is 5.87. The predicted molar refractivity (Wildman–Crippen MR) is 74.7 cm³/mol. The SMILES string of the molecule is NCC1CC(OCc2ccn(C3CCCCC3)n2)C1. The molecule has 2 aliphatic carbocycles. The van der Waals surface area contributed by atoms with Gasteiger partial charge in [0.2, 0.25) is 0 Å². The average Bonchev–Trinajstić information content (AvgIpc) is 2.87. The molecule has 0 radical (unpaired) electrons. The van der Waals surface area contributed by atoms with Gasteiger partial charge in [-0.2, -0.15) is 5.10 Å². The zero-order chi connectivity index (χ0) is 13.1. The lowest BCUT2D eigenvalue weighted by Gasteiger charge is -2.34. The third-order valence-electron chi connectivity index (χ3n) is 4.61. The predicted octanol–water partition coefficient (Wildman–Crippen LogP) is 2.64. The van der Waals surface area contributed by atoms with Gasteiger partial charge in [0.05, 0.1) is 24.4 Å². The Morgan fingerprint density at radius 3 is 2.79 bits per heavy atom. The van der Waals surface area contributed by atoms with Crippen molar-refractivity contribution in [2.75, 3.05) is 6.54 Å². The summed E-state index contributed by atoms with van der Waals surface area (Å²) >= 11 is 0. The molecule has 0 aliphatic heterocycles. The van der Waals surface area contributed by atoms with Crippen molar-refractivity contribution in [3.8, 4) is 0 Å². The van der Waals surface area contributed by atoms with Crippen molar-refractivity contribution < 1.29 is 4.74 Å². The van der Waals surface area contributed by atoms with Crippen LogP contribution >= 0.6 is 0 Å². The summed E-state index contributed by atoms with van der Waals surface area (Å²) in [6, 6.07) is 2.72. The molecule has 4 nitrogen and oxygen atoms in total. The van der Waals surface area contributed by atoms with Crippen LogP contribution in [0.5, 0.6) is 0 Å². The van der Waals surface area contributed by atoms with Gasteiger partial charge in [0.15, 0.2) is 0 Å². The van der Waals surface area contributed by atoms with Gasteiger partial charge in [-0.15, -0.1) is 0 Å². The Hall–Kier alpha value is -0.870. The molecule has 0 saturated heterocycles. The first-order valence-electron chi connectivity index (χ1n) is 7.71. The minimum absolute atomic E-state index is 0.411. The molecule has 2 saturated carbocycles. The van der Waals surface area contributed by atoms with Crippen molar-refractivity contribution in [3.05, 3.63) is 18.0 Å². The quantitative estimate of drug-likeness (QED) is 0.888. The molecular weight excluding hydrogens is 238 g/mol. The molecule has 2 fully saturated rings. The monoisotopic (exact) mass is 263 g/mol. The molecule has 1 aromatic heterocycles. The van der Waals surface area contributed by atoms with E-state index in [2.05, 4.69) is 22.0 Å². The molecular formula is C15H25N3O. The minimum Gasteiger partial charge on any atom is -0.372 e. The van der Waals surface area contributed by atoms with E-state index in [1.54, 1.807) is 0 Å². The van der Waals surface area contributed by atoms with Crippen molar-refractivity contribution in [1.29, 1.82) is 0 Å². The van der Waals surface area contributed by atoms with E-state index in [4.69, 9.17) is 10.5 Å². The van der Waals surface area contributed by atoms with Gasteiger partial charge in [-0.05, 0) is 44.2 Å². The zero-order valence-electron chi connectivity index (χ0n) is 11.6. The van der Waals surface area contributed by atoms with E-state index in [9.17, 15) is 0 Å². The highest BCUT2D eigenvalue weighted by molar-refractivity contribution is 4.99. The van der Waals surface area contributed by atoms with Gasteiger partial charge >= 0.3 is 0 Å². The maximum atomic E-state index is 5.87. The molecule has 2 N–H and O–H groups in total. The van der Waals surface area contributed by atoms with Gasteiger partial charge < -0.3 is 10.5 Å². The van der Waals surface area contributed by atoms with Gasteiger partial charge in [-0.25, -0.2) is 0 Å². The molecule has 1 aromatic rings. The van der Waals surface area contributed by atoms with E-state index < -0.39 is 0 Å². The van der Waals surface area contributed by atoms with Crippen LogP contribution < -0.4 is 5.73 Å². The largest absolute Gasteiger partial charge is 0.372 e. The first kappa shape index (κ1) is 13.1. The summed E-state index contributed by atoms with van der Waals surface area (Å²) in [7, 11) is 0. The van der Waals surface area contributed by atoms with Gasteiger partial charge in [0.1, 0.15) is 0 Å². The summed E-state index contributed by atoms with van der Waals surface area (Å²) < 4.78 is 8.02. The summed E-state index contributed by atoms with van der Waals surface area (Å²) in [5, 5.41) is 4.67. The number of nitrogens with two attached hydrogens (primary N) is 1. The van der Waals surface area contributed by atoms with E-state index in [-0.39, 0.29) is 0 Å². The molecule has 106 valence electrons. The zero-order valence-corrected chi connectivity index (χ0v) is 11.6. The van der Waals surface area contributed by atoms with Crippen LogP contribution in [0.3, 0.4) is 0 Å². The van der Waals surface area contributed by atoms with Gasteiger partial charge in [0.25, 0.3) is 0 Å². The Balaban J connectivity index is 1.45. The highest BCUT2D eigenvalue weighted by atomic mass is 16.5. The van der Waals surface area contributed by atoms with E-state index in [1.807, 2.05) is 0 Å². The van der Waals surface area contributed by atoms with Crippen molar-refractivity contribution in [2.45, 2.75) is 63.7 Å². The Bertz CT molecular complexity index is 392. The number of rotatable bonds is 5. The molecule has 3 rings (SSSR count). The number of hydrogen-bond donors (Lipinski definition) is 1. The van der Waals surface area contributed by atoms with Crippen LogP contribution in [-0.2, 0) is 11.3 Å². The fraction of sp³-hybridized carbons (Fsp3) is 0.800. The van der Waals surface area contributed by atoms with Gasteiger partial charge in [-0.3, -0.25) is 4.68 Å². The van der Waals surface area contributed by atoms with E-state index in [0.29, 0.717) is 24.7 Å². The topological polar surface area (TPSA) is 53.1 Å². The van der Waals surface area contributed by atoms with Gasteiger partial charge in [0, 0.05) is 6.20 Å². The molecule has 0 spiro atoms. The highest BCUT2D eigenvalue weighted by Gasteiger charge is 2.28. The van der Waals surface area contributed by atoms with Gasteiger partial charge in [-0.1, -0.05) is 19.3 Å². The van der Waals surface area contributed by atoms with Crippen molar-refractivity contribution in [2.24, 2.45) is 11.7 Å². The number of ether oxygens (including phenoxy) is 1. The Morgan fingerprint density at radius 1 is 1.26 bits per heavy atom. The van der Waals surface area contributed by atoms with Crippen LogP contribution in [0.4, 0.5) is 0 Å². The first-order chi connectivity index (χ1) is 9.35. The molecule has 0 amide bonds. The third-order valence-corrected chi connectivity index (χ3v) is 4.61. The normalized spacial score (nSPS) is 28.3. The second-order valence-corrected chi connectivity index (χ2v) is 6.09. The summed E-state index contributed by atoms with van der Waals surface area (Å²) in [6.07, 6.45) is 11.4. The van der Waals surface area contributed by atoms with E-state index in [0.717, 1.165) is 25.1 Å². The van der Waals surface area contributed by atoms with E-state index >= 15 is 0 Å². The maximum Gasteiger partial charge on any atom is 0.0910 e. The van der Waals surface area contributed by atoms with Crippen molar-refractivity contribution in [3.63, 3.8) is 0 Å². The summed E-state index contributed by atoms with van der Waals surface area (Å²) in [6.45, 7) is 1.46. The number of aromatic nitrogens is 2. The Morgan fingerprint density at radius 2 is 2.05 bits per heavy atom. The minimum atomic E-state index is 0.411. The smallest absolute Gasteiger partial charge is 0.0910 e. The van der Waals surface area contributed by atoms with Crippen LogP contribution in [-0.4, -0.2) is 22.4 Å². The van der Waals surface area contributed by atoms with Crippen molar-refractivity contribution >= 4 is 0 Å². The lowest BCUT2D eigenvalue weighted by atomic mass is 9.82. The Kier molecular flexibility index (Phi) is 4.18. The highest BCUT2D eigenvalue weighted by Crippen LogP contribution is 2.30. The number of hydrogen-bond acceptors (Lipinski definition) is 3. The summed E-state index contributed by atoms with van der Waals surface area (Å²) in [4.78, 5) is 0. The molecule has 1 heterocycles. The second kappa shape index (κ2) is 6.06. The van der Waals surface area contributed by atoms with Crippen LogP contribution in [0.2, 0.25) is 0 Å². The number of nitrogens with zero attached hydrogens (tertiary/aromatic N) is 2. The molecule has 0 bridgehead atoms. The molecule has 2 aliphatic rings. The van der Waals surface area contributed by atoms with Crippen LogP contribution in [0.25, 0.3) is 0 Å². The van der Waals surface area contributed by atoms with E-state index in [1.165, 1.54) is 32.1 Å². The second-order valence-electron chi connectivity index (χ2n) is 6.09. The van der Waals surface area contributed by atoms with Crippen LogP contribution in [0, 0.1) is 5.92 Å². The lowest BCUT2D eigenvalue weighted by molar-refractivity contribution is -0.0389. The van der Waals surface area contributed by atoms with Crippen molar-refractivity contribution in [1.82, 2.24) is 9.78 Å². The fourth-order valence-electron chi connectivity index (χ4n) is 3.21. The van der Waals surface area contributed by atoms with Crippen LogP contribution in [0.1, 0.15) is 56.7 Å². The first-order valence-corrected chi connectivity index (χ1v) is 7.71.